The van der Waals surface area contributed by atoms with Gasteiger partial charge in [0, 0.05) is 31.9 Å². The van der Waals surface area contributed by atoms with Crippen LogP contribution >= 0.6 is 0 Å². The first kappa shape index (κ1) is 21.8. The number of nitrogens with zero attached hydrogens (tertiary/aromatic N) is 4. The topological polar surface area (TPSA) is 59.8 Å². The summed E-state index contributed by atoms with van der Waals surface area (Å²) in [6.45, 7) is 10.6. The minimum atomic E-state index is 0.000485. The summed E-state index contributed by atoms with van der Waals surface area (Å²) in [6, 6.07) is 8.57. The lowest BCUT2D eigenvalue weighted by atomic mass is 10.2. The quantitative estimate of drug-likeness (QED) is 0.636. The highest BCUT2D eigenvalue weighted by atomic mass is 16.5. The number of carbonyl (C=O) groups excluding carboxylic acids is 1. The molecule has 0 N–H and O–H groups in total. The average molecular weight is 427 g/mol. The number of ether oxygens (including phenoxy) is 2. The Morgan fingerprint density at radius 1 is 1.16 bits per heavy atom. The summed E-state index contributed by atoms with van der Waals surface area (Å²) in [5, 5.41) is 4.39. The second kappa shape index (κ2) is 9.83. The second-order valence-electron chi connectivity index (χ2n) is 8.86. The summed E-state index contributed by atoms with van der Waals surface area (Å²) in [5.74, 6) is 0.860. The molecule has 7 nitrogen and oxygen atoms in total. The molecule has 1 unspecified atom stereocenters. The lowest BCUT2D eigenvalue weighted by molar-refractivity contribution is -0.0586. The first-order chi connectivity index (χ1) is 15.0. The Morgan fingerprint density at radius 3 is 2.58 bits per heavy atom. The van der Waals surface area contributed by atoms with E-state index in [0.717, 1.165) is 31.0 Å². The highest BCUT2D eigenvalue weighted by molar-refractivity contribution is 5.94. The van der Waals surface area contributed by atoms with E-state index in [2.05, 4.69) is 16.9 Å². The van der Waals surface area contributed by atoms with Gasteiger partial charge in [-0.25, -0.2) is 4.68 Å². The van der Waals surface area contributed by atoms with Crippen LogP contribution in [-0.4, -0.2) is 76.5 Å². The lowest BCUT2D eigenvalue weighted by Gasteiger charge is -2.35. The maximum absolute atomic E-state index is 12.8. The smallest absolute Gasteiger partial charge is 0.257 e. The van der Waals surface area contributed by atoms with Crippen LogP contribution in [0.2, 0.25) is 0 Å². The highest BCUT2D eigenvalue weighted by Gasteiger charge is 2.27. The van der Waals surface area contributed by atoms with Crippen molar-refractivity contribution in [2.45, 2.75) is 58.3 Å². The summed E-state index contributed by atoms with van der Waals surface area (Å²) < 4.78 is 13.4. The number of amides is 1. The molecule has 2 saturated heterocycles. The summed E-state index contributed by atoms with van der Waals surface area (Å²) in [5.41, 5.74) is 1.50. The third kappa shape index (κ3) is 5.46. The van der Waals surface area contributed by atoms with Gasteiger partial charge in [0.2, 0.25) is 0 Å². The van der Waals surface area contributed by atoms with E-state index in [-0.39, 0.29) is 18.1 Å². The molecule has 0 bridgehead atoms. The van der Waals surface area contributed by atoms with Gasteiger partial charge in [-0.3, -0.25) is 4.79 Å². The van der Waals surface area contributed by atoms with Gasteiger partial charge in [-0.2, -0.15) is 5.10 Å². The Balaban J connectivity index is 1.29. The van der Waals surface area contributed by atoms with Crippen LogP contribution in [0.3, 0.4) is 0 Å². The van der Waals surface area contributed by atoms with Crippen molar-refractivity contribution < 1.29 is 14.3 Å². The van der Waals surface area contributed by atoms with E-state index in [4.69, 9.17) is 9.47 Å². The van der Waals surface area contributed by atoms with Crippen molar-refractivity contribution in [2.24, 2.45) is 0 Å². The normalized spacial score (nSPS) is 24.5. The Bertz CT molecular complexity index is 856. The molecule has 2 aliphatic rings. The van der Waals surface area contributed by atoms with Crippen LogP contribution in [0, 0.1) is 0 Å². The zero-order chi connectivity index (χ0) is 21.8. The van der Waals surface area contributed by atoms with Gasteiger partial charge >= 0.3 is 0 Å². The zero-order valence-electron chi connectivity index (χ0n) is 18.9. The predicted octanol–water partition coefficient (Wildman–Crippen LogP) is 3.37. The maximum atomic E-state index is 12.8. The van der Waals surface area contributed by atoms with Crippen molar-refractivity contribution >= 4 is 5.91 Å². The number of morpholine rings is 1. The Morgan fingerprint density at radius 2 is 1.90 bits per heavy atom. The minimum Gasteiger partial charge on any atom is -0.494 e. The van der Waals surface area contributed by atoms with Crippen molar-refractivity contribution in [3.8, 4) is 11.4 Å². The molecule has 3 atom stereocenters. The van der Waals surface area contributed by atoms with Crippen LogP contribution < -0.4 is 4.74 Å². The van der Waals surface area contributed by atoms with Gasteiger partial charge in [0.05, 0.1) is 36.3 Å². The SMILES string of the molecule is CC1CCCN1CCCOc1ccc(-n2cc(C(=O)N3C[C@@H](C)O[C@@H](C)C3)cn2)cc1. The summed E-state index contributed by atoms with van der Waals surface area (Å²) in [6.07, 6.45) is 7.19. The molecule has 168 valence electrons. The molecule has 0 aliphatic carbocycles. The van der Waals surface area contributed by atoms with Gasteiger partial charge in [0.25, 0.3) is 5.91 Å². The molecule has 4 rings (SSSR count). The van der Waals surface area contributed by atoms with Crippen LogP contribution in [0.25, 0.3) is 5.69 Å². The molecule has 1 aromatic heterocycles. The van der Waals surface area contributed by atoms with E-state index in [1.165, 1.54) is 19.4 Å². The summed E-state index contributed by atoms with van der Waals surface area (Å²) in [4.78, 5) is 17.2. The molecular formula is C24H34N4O3. The van der Waals surface area contributed by atoms with Crippen molar-refractivity contribution in [3.05, 3.63) is 42.2 Å². The summed E-state index contributed by atoms with van der Waals surface area (Å²) in [7, 11) is 0. The number of hydrogen-bond donors (Lipinski definition) is 0. The van der Waals surface area contributed by atoms with Crippen molar-refractivity contribution in [2.75, 3.05) is 32.8 Å². The molecule has 1 amide bonds. The van der Waals surface area contributed by atoms with E-state index >= 15 is 0 Å². The third-order valence-corrected chi connectivity index (χ3v) is 6.19. The van der Waals surface area contributed by atoms with Crippen molar-refractivity contribution in [1.82, 2.24) is 19.6 Å². The fraction of sp³-hybridized carbons (Fsp3) is 0.583. The van der Waals surface area contributed by atoms with E-state index in [1.54, 1.807) is 17.1 Å². The number of likely N-dealkylation sites (tertiary alicyclic amines) is 1. The molecule has 31 heavy (non-hydrogen) atoms. The monoisotopic (exact) mass is 426 g/mol. The van der Waals surface area contributed by atoms with Gasteiger partial charge < -0.3 is 19.3 Å². The fourth-order valence-corrected chi connectivity index (χ4v) is 4.58. The average Bonchev–Trinajstić information content (AvgIpc) is 3.40. The highest BCUT2D eigenvalue weighted by Crippen LogP contribution is 2.19. The fourth-order valence-electron chi connectivity index (χ4n) is 4.58. The molecule has 3 heterocycles. The van der Waals surface area contributed by atoms with E-state index in [9.17, 15) is 4.79 Å². The van der Waals surface area contributed by atoms with Crippen LogP contribution in [0.15, 0.2) is 36.7 Å². The second-order valence-corrected chi connectivity index (χ2v) is 8.86. The lowest BCUT2D eigenvalue weighted by Crippen LogP contribution is -2.48. The zero-order valence-corrected chi connectivity index (χ0v) is 18.9. The number of hydrogen-bond acceptors (Lipinski definition) is 5. The first-order valence-electron chi connectivity index (χ1n) is 11.5. The van der Waals surface area contributed by atoms with Crippen LogP contribution in [0.1, 0.15) is 50.4 Å². The van der Waals surface area contributed by atoms with Crippen molar-refractivity contribution in [1.29, 1.82) is 0 Å². The predicted molar refractivity (Wildman–Crippen MR) is 120 cm³/mol. The molecule has 0 spiro atoms. The summed E-state index contributed by atoms with van der Waals surface area (Å²) >= 11 is 0. The van der Waals surface area contributed by atoms with Gasteiger partial charge in [-0.15, -0.1) is 0 Å². The number of benzene rings is 1. The van der Waals surface area contributed by atoms with E-state index < -0.39 is 0 Å². The van der Waals surface area contributed by atoms with Gasteiger partial charge in [0.15, 0.2) is 0 Å². The van der Waals surface area contributed by atoms with Crippen LogP contribution in [-0.2, 0) is 4.74 Å². The largest absolute Gasteiger partial charge is 0.494 e. The number of carbonyl (C=O) groups is 1. The minimum absolute atomic E-state index is 0.000485. The van der Waals surface area contributed by atoms with Crippen LogP contribution in [0.4, 0.5) is 0 Å². The molecule has 0 radical (unpaired) electrons. The molecule has 2 aromatic rings. The first-order valence-corrected chi connectivity index (χ1v) is 11.5. The number of aromatic nitrogens is 2. The van der Waals surface area contributed by atoms with Gasteiger partial charge in [0.1, 0.15) is 5.75 Å². The maximum Gasteiger partial charge on any atom is 0.257 e. The van der Waals surface area contributed by atoms with Crippen molar-refractivity contribution in [3.63, 3.8) is 0 Å². The Kier molecular flexibility index (Phi) is 6.92. The Hall–Kier alpha value is -2.38. The standard InChI is InChI=1S/C24H34N4O3/c1-18-6-4-11-26(18)12-5-13-30-23-9-7-22(8-10-23)28-17-21(14-25-28)24(29)27-15-19(2)31-20(3)16-27/h7-10,14,17-20H,4-6,11-13,15-16H2,1-3H3/t18?,19-,20+. The van der Waals surface area contributed by atoms with Gasteiger partial charge in [-0.1, -0.05) is 0 Å². The van der Waals surface area contributed by atoms with E-state index in [0.29, 0.717) is 24.7 Å². The molecule has 0 saturated carbocycles. The van der Waals surface area contributed by atoms with Crippen LogP contribution in [0.5, 0.6) is 5.75 Å². The Labute approximate surface area is 184 Å². The number of rotatable bonds is 7. The molecule has 1 aromatic carbocycles. The molecule has 2 fully saturated rings. The van der Waals surface area contributed by atoms with Gasteiger partial charge in [-0.05, 0) is 70.8 Å². The molecular weight excluding hydrogens is 392 g/mol. The van der Waals surface area contributed by atoms with E-state index in [1.807, 2.05) is 43.0 Å². The molecule has 2 aliphatic heterocycles. The molecule has 7 heteroatoms. The third-order valence-electron chi connectivity index (χ3n) is 6.19.